The predicted molar refractivity (Wildman–Crippen MR) is 95.7 cm³/mol. The average molecular weight is 357 g/mol. The van der Waals surface area contributed by atoms with E-state index in [1.165, 1.54) is 0 Å². The van der Waals surface area contributed by atoms with Crippen molar-refractivity contribution < 1.29 is 23.9 Å². The molecule has 138 valence electrons. The summed E-state index contributed by atoms with van der Waals surface area (Å²) < 4.78 is 11.7. The van der Waals surface area contributed by atoms with Gasteiger partial charge in [-0.1, -0.05) is 30.3 Å². The number of hydrogen-bond acceptors (Lipinski definition) is 5. The van der Waals surface area contributed by atoms with E-state index in [0.717, 1.165) is 0 Å². The van der Waals surface area contributed by atoms with Gasteiger partial charge >= 0.3 is 11.9 Å². The summed E-state index contributed by atoms with van der Waals surface area (Å²) in [5, 5.41) is 0. The minimum absolute atomic E-state index is 0.112. The van der Waals surface area contributed by atoms with E-state index in [1.807, 2.05) is 6.07 Å². The van der Waals surface area contributed by atoms with Gasteiger partial charge in [-0.05, 0) is 32.4 Å². The zero-order valence-electron chi connectivity index (χ0n) is 15.0. The highest BCUT2D eigenvalue weighted by Gasteiger charge is 2.29. The third kappa shape index (κ3) is 4.81. The molecule has 0 aliphatic heterocycles. The highest BCUT2D eigenvalue weighted by atomic mass is 16.6. The highest BCUT2D eigenvalue weighted by molar-refractivity contribution is 6.08. The van der Waals surface area contributed by atoms with Crippen LogP contribution in [0, 0.1) is 5.92 Å². The Morgan fingerprint density at radius 2 is 1.54 bits per heavy atom. The summed E-state index contributed by atoms with van der Waals surface area (Å²) in [6.07, 6.45) is 1.95. The van der Waals surface area contributed by atoms with Crippen LogP contribution in [0.15, 0.2) is 48.7 Å². The molecule has 0 bridgehead atoms. The molecular weight excluding hydrogens is 334 g/mol. The van der Waals surface area contributed by atoms with E-state index < -0.39 is 17.9 Å². The van der Waals surface area contributed by atoms with Crippen LogP contribution in [-0.4, -0.2) is 35.5 Å². The van der Waals surface area contributed by atoms with Crippen LogP contribution in [0.3, 0.4) is 0 Å². The Morgan fingerprint density at radius 1 is 0.923 bits per heavy atom. The lowest BCUT2D eigenvalue weighted by molar-refractivity contribution is -0.162. The molecule has 6 nitrogen and oxygen atoms in total. The van der Waals surface area contributed by atoms with Gasteiger partial charge in [0.1, 0.15) is 0 Å². The Morgan fingerprint density at radius 3 is 2.12 bits per heavy atom. The smallest absolute Gasteiger partial charge is 0.320 e. The number of benzene rings is 1. The van der Waals surface area contributed by atoms with Crippen LogP contribution in [0.1, 0.15) is 36.3 Å². The van der Waals surface area contributed by atoms with Gasteiger partial charge in [0.05, 0.1) is 18.9 Å². The van der Waals surface area contributed by atoms with E-state index >= 15 is 0 Å². The van der Waals surface area contributed by atoms with Crippen molar-refractivity contribution in [3.05, 3.63) is 59.9 Å². The van der Waals surface area contributed by atoms with Crippen molar-refractivity contribution in [2.24, 2.45) is 5.92 Å². The average Bonchev–Trinajstić information content (AvgIpc) is 3.11. The van der Waals surface area contributed by atoms with E-state index in [1.54, 1.807) is 61.0 Å². The normalized spacial score (nSPS) is 10.6. The third-order valence-electron chi connectivity index (χ3n) is 3.90. The predicted octanol–water partition coefficient (Wildman–Crippen LogP) is 2.85. The monoisotopic (exact) mass is 357 g/mol. The topological polar surface area (TPSA) is 74.6 Å². The first-order valence-corrected chi connectivity index (χ1v) is 8.66. The Hall–Kier alpha value is -2.89. The van der Waals surface area contributed by atoms with Crippen LogP contribution in [0.5, 0.6) is 0 Å². The molecule has 26 heavy (non-hydrogen) atoms. The van der Waals surface area contributed by atoms with Crippen molar-refractivity contribution in [1.29, 1.82) is 0 Å². The van der Waals surface area contributed by atoms with Gasteiger partial charge in [0, 0.05) is 18.3 Å². The maximum Gasteiger partial charge on any atom is 0.320 e. The van der Waals surface area contributed by atoms with E-state index in [2.05, 4.69) is 0 Å². The standard InChI is InChI=1S/C20H23NO5/c1-3-25-19(23)16(20(24)26-4-2)12-14-21-13-8-11-17(21)18(22)15-9-6-5-7-10-15/h5-11,13,16H,3-4,12,14H2,1-2H3. The first-order valence-electron chi connectivity index (χ1n) is 8.66. The lowest BCUT2D eigenvalue weighted by atomic mass is 10.1. The molecule has 0 unspecified atom stereocenters. The summed E-state index contributed by atoms with van der Waals surface area (Å²) in [6, 6.07) is 12.4. The maximum absolute atomic E-state index is 12.6. The van der Waals surface area contributed by atoms with Crippen molar-refractivity contribution in [1.82, 2.24) is 4.57 Å². The number of esters is 2. The SMILES string of the molecule is CCOC(=O)C(CCn1cccc1C(=O)c1ccccc1)C(=O)OCC. The van der Waals surface area contributed by atoms with Crippen LogP contribution in [0.25, 0.3) is 0 Å². The molecule has 2 aromatic rings. The van der Waals surface area contributed by atoms with Gasteiger partial charge in [0.25, 0.3) is 0 Å². The van der Waals surface area contributed by atoms with Crippen molar-refractivity contribution >= 4 is 17.7 Å². The second-order valence-electron chi connectivity index (χ2n) is 5.63. The molecule has 0 radical (unpaired) electrons. The Bertz CT molecular complexity index is 733. The summed E-state index contributed by atoms with van der Waals surface area (Å²) >= 11 is 0. The third-order valence-corrected chi connectivity index (χ3v) is 3.90. The van der Waals surface area contributed by atoms with Gasteiger partial charge in [-0.2, -0.15) is 0 Å². The molecule has 0 saturated carbocycles. The van der Waals surface area contributed by atoms with Gasteiger partial charge in [-0.15, -0.1) is 0 Å². The van der Waals surface area contributed by atoms with Gasteiger partial charge in [0.2, 0.25) is 5.78 Å². The van der Waals surface area contributed by atoms with Crippen LogP contribution in [-0.2, 0) is 25.6 Å². The van der Waals surface area contributed by atoms with Crippen LogP contribution >= 0.6 is 0 Å². The van der Waals surface area contributed by atoms with Crippen LogP contribution in [0.2, 0.25) is 0 Å². The van der Waals surface area contributed by atoms with Crippen molar-refractivity contribution in [3.63, 3.8) is 0 Å². The summed E-state index contributed by atoms with van der Waals surface area (Å²) in [4.78, 5) is 36.8. The molecular formula is C20H23NO5. The van der Waals surface area contributed by atoms with E-state index in [9.17, 15) is 14.4 Å². The molecule has 0 spiro atoms. The van der Waals surface area contributed by atoms with Crippen molar-refractivity contribution in [2.45, 2.75) is 26.8 Å². The summed E-state index contributed by atoms with van der Waals surface area (Å²) in [6.45, 7) is 4.07. The minimum Gasteiger partial charge on any atom is -0.465 e. The lowest BCUT2D eigenvalue weighted by Crippen LogP contribution is -2.29. The Kier molecular flexibility index (Phi) is 7.14. The number of hydrogen-bond donors (Lipinski definition) is 0. The Balaban J connectivity index is 2.12. The number of nitrogens with zero attached hydrogens (tertiary/aromatic N) is 1. The summed E-state index contributed by atoms with van der Waals surface area (Å²) in [5.41, 5.74) is 1.09. The lowest BCUT2D eigenvalue weighted by Gasteiger charge is -2.15. The fraction of sp³-hybridized carbons (Fsp3) is 0.350. The Labute approximate surface area is 152 Å². The van der Waals surface area contributed by atoms with Crippen molar-refractivity contribution in [3.8, 4) is 0 Å². The summed E-state index contributed by atoms with van der Waals surface area (Å²) in [7, 11) is 0. The number of rotatable bonds is 9. The number of ether oxygens (including phenoxy) is 2. The second-order valence-corrected chi connectivity index (χ2v) is 5.63. The molecule has 1 heterocycles. The van der Waals surface area contributed by atoms with E-state index in [4.69, 9.17) is 9.47 Å². The number of carbonyl (C=O) groups excluding carboxylic acids is 3. The molecule has 0 fully saturated rings. The first-order chi connectivity index (χ1) is 12.6. The van der Waals surface area contributed by atoms with Gasteiger partial charge in [0.15, 0.2) is 5.92 Å². The number of carbonyl (C=O) groups is 3. The summed E-state index contributed by atoms with van der Waals surface area (Å²) in [5.74, 6) is -2.32. The second kappa shape index (κ2) is 9.56. The largest absolute Gasteiger partial charge is 0.465 e. The molecule has 2 rings (SSSR count). The quantitative estimate of drug-likeness (QED) is 0.392. The molecule has 1 aromatic heterocycles. The molecule has 0 N–H and O–H groups in total. The molecule has 0 aliphatic rings. The van der Waals surface area contributed by atoms with E-state index in [0.29, 0.717) is 17.8 Å². The van der Waals surface area contributed by atoms with Crippen LogP contribution < -0.4 is 0 Å². The maximum atomic E-state index is 12.6. The number of aryl methyl sites for hydroxylation is 1. The number of aromatic nitrogens is 1. The van der Waals surface area contributed by atoms with Crippen LogP contribution in [0.4, 0.5) is 0 Å². The molecule has 0 aliphatic carbocycles. The van der Waals surface area contributed by atoms with Crippen molar-refractivity contribution in [2.75, 3.05) is 13.2 Å². The van der Waals surface area contributed by atoms with Gasteiger partial charge in [-0.3, -0.25) is 14.4 Å². The zero-order valence-corrected chi connectivity index (χ0v) is 15.0. The van der Waals surface area contributed by atoms with E-state index in [-0.39, 0.29) is 25.4 Å². The molecule has 0 saturated heterocycles. The zero-order chi connectivity index (χ0) is 18.9. The highest BCUT2D eigenvalue weighted by Crippen LogP contribution is 2.15. The molecule has 6 heteroatoms. The first kappa shape index (κ1) is 19.4. The number of ketones is 1. The van der Waals surface area contributed by atoms with Gasteiger partial charge in [-0.25, -0.2) is 0 Å². The molecule has 0 atom stereocenters. The fourth-order valence-corrected chi connectivity index (χ4v) is 2.64. The fourth-order valence-electron chi connectivity index (χ4n) is 2.64. The minimum atomic E-state index is -1.00. The van der Waals surface area contributed by atoms with Gasteiger partial charge < -0.3 is 14.0 Å². The molecule has 0 amide bonds. The molecule has 1 aromatic carbocycles.